The molecule has 2 N–H and O–H groups in total. The molecule has 2 aromatic rings. The van der Waals surface area contributed by atoms with E-state index >= 15 is 0 Å². The number of hydrogen-bond acceptors (Lipinski definition) is 9. The molecule has 3 fully saturated rings. The van der Waals surface area contributed by atoms with Crippen molar-refractivity contribution in [1.29, 1.82) is 0 Å². The molecule has 4 atom stereocenters. The van der Waals surface area contributed by atoms with E-state index in [1.807, 2.05) is 6.20 Å². The first-order chi connectivity index (χ1) is 14.3. The number of morpholine rings is 1. The Kier molecular flexibility index (Phi) is 5.26. The van der Waals surface area contributed by atoms with Crippen LogP contribution in [0, 0.1) is 5.92 Å². The van der Waals surface area contributed by atoms with Gasteiger partial charge in [-0.15, -0.1) is 0 Å². The monoisotopic (exact) mass is 397 g/mol. The van der Waals surface area contributed by atoms with Crippen molar-refractivity contribution in [2.45, 2.75) is 37.3 Å². The van der Waals surface area contributed by atoms with Gasteiger partial charge in [0.05, 0.1) is 44.0 Å². The van der Waals surface area contributed by atoms with Crippen LogP contribution in [-0.4, -0.2) is 59.4 Å². The lowest BCUT2D eigenvalue weighted by Gasteiger charge is -2.33. The Hall–Kier alpha value is -2.36. The summed E-state index contributed by atoms with van der Waals surface area (Å²) < 4.78 is 10.7. The molecule has 4 unspecified atom stereocenters. The normalized spacial score (nSPS) is 29.5. The zero-order chi connectivity index (χ0) is 19.6. The van der Waals surface area contributed by atoms with Crippen LogP contribution in [0.25, 0.3) is 0 Å². The van der Waals surface area contributed by atoms with Crippen LogP contribution < -0.4 is 20.5 Å². The van der Waals surface area contributed by atoms with E-state index in [-0.39, 0.29) is 6.04 Å². The van der Waals surface area contributed by atoms with Crippen molar-refractivity contribution in [3.8, 4) is 5.88 Å². The lowest BCUT2D eigenvalue weighted by atomic mass is 9.74. The van der Waals surface area contributed by atoms with E-state index in [0.29, 0.717) is 23.8 Å². The molecule has 2 aromatic heterocycles. The summed E-state index contributed by atoms with van der Waals surface area (Å²) in [6.45, 7) is 3.23. The molecule has 1 aliphatic carbocycles. The maximum Gasteiger partial charge on any atom is 0.232 e. The van der Waals surface area contributed by atoms with Crippen molar-refractivity contribution >= 4 is 5.82 Å². The summed E-state index contributed by atoms with van der Waals surface area (Å²) in [5.41, 5.74) is 9.05. The topological polar surface area (TPSA) is 97.3 Å². The standard InChI is InChI=1S/C20H27N7O2/c1-28-19-11-21-10-17(24-19)13-2-3-15-14(8-13)20(26-25-15)16-9-18(23-12-22-16)27-4-6-29-7-5-27/h9-15,20,25-26H,2-8H2,1H3. The zero-order valence-electron chi connectivity index (χ0n) is 16.6. The number of methoxy groups -OCH3 is 1. The predicted molar refractivity (Wildman–Crippen MR) is 107 cm³/mol. The van der Waals surface area contributed by atoms with Crippen LogP contribution in [0.4, 0.5) is 5.82 Å². The lowest BCUT2D eigenvalue weighted by Crippen LogP contribution is -2.37. The molecule has 3 aliphatic rings. The van der Waals surface area contributed by atoms with Crippen molar-refractivity contribution in [2.75, 3.05) is 38.3 Å². The third-order valence-corrected chi connectivity index (χ3v) is 6.34. The second-order valence-corrected chi connectivity index (χ2v) is 7.93. The number of nitrogens with one attached hydrogen (secondary N) is 2. The Morgan fingerprint density at radius 1 is 1.10 bits per heavy atom. The summed E-state index contributed by atoms with van der Waals surface area (Å²) in [6, 6.07) is 2.72. The van der Waals surface area contributed by atoms with E-state index in [2.05, 4.69) is 41.8 Å². The van der Waals surface area contributed by atoms with Crippen LogP contribution in [-0.2, 0) is 4.74 Å². The molecular formula is C20H27N7O2. The zero-order valence-corrected chi connectivity index (χ0v) is 16.6. The van der Waals surface area contributed by atoms with Gasteiger partial charge >= 0.3 is 0 Å². The van der Waals surface area contributed by atoms with Crippen molar-refractivity contribution in [3.05, 3.63) is 36.2 Å². The van der Waals surface area contributed by atoms with Gasteiger partial charge in [-0.1, -0.05) is 0 Å². The number of hydrazine groups is 1. The Bertz CT molecular complexity index is 845. The summed E-state index contributed by atoms with van der Waals surface area (Å²) in [5, 5.41) is 0. The molecule has 0 bridgehead atoms. The third-order valence-electron chi connectivity index (χ3n) is 6.34. The highest BCUT2D eigenvalue weighted by molar-refractivity contribution is 5.40. The molecule has 2 aliphatic heterocycles. The maximum absolute atomic E-state index is 5.46. The van der Waals surface area contributed by atoms with Gasteiger partial charge in [-0.2, -0.15) is 0 Å². The molecular weight excluding hydrogens is 370 g/mol. The largest absolute Gasteiger partial charge is 0.480 e. The summed E-state index contributed by atoms with van der Waals surface area (Å²) in [6.07, 6.45) is 8.44. The molecule has 4 heterocycles. The Morgan fingerprint density at radius 3 is 2.86 bits per heavy atom. The number of anilines is 1. The molecule has 154 valence electrons. The Labute approximate surface area is 170 Å². The van der Waals surface area contributed by atoms with Crippen LogP contribution in [0.3, 0.4) is 0 Å². The van der Waals surface area contributed by atoms with E-state index in [0.717, 1.165) is 62.8 Å². The van der Waals surface area contributed by atoms with Gasteiger partial charge in [0.2, 0.25) is 5.88 Å². The molecule has 1 saturated carbocycles. The smallest absolute Gasteiger partial charge is 0.232 e. The van der Waals surface area contributed by atoms with Gasteiger partial charge in [0.15, 0.2) is 0 Å². The molecule has 5 rings (SSSR count). The fourth-order valence-corrected chi connectivity index (χ4v) is 4.77. The van der Waals surface area contributed by atoms with Gasteiger partial charge in [-0.25, -0.2) is 20.4 Å². The molecule has 0 spiro atoms. The Balaban J connectivity index is 1.35. The molecule has 9 heteroatoms. The van der Waals surface area contributed by atoms with Crippen LogP contribution in [0.1, 0.15) is 42.6 Å². The molecule has 29 heavy (non-hydrogen) atoms. The number of ether oxygens (including phenoxy) is 2. The molecule has 9 nitrogen and oxygen atoms in total. The first-order valence-electron chi connectivity index (χ1n) is 10.3. The summed E-state index contributed by atoms with van der Waals surface area (Å²) in [5.74, 6) is 2.38. The number of rotatable bonds is 4. The minimum atomic E-state index is 0.157. The highest BCUT2D eigenvalue weighted by Gasteiger charge is 2.42. The number of hydrogen-bond donors (Lipinski definition) is 2. The fourth-order valence-electron chi connectivity index (χ4n) is 4.77. The molecule has 2 saturated heterocycles. The highest BCUT2D eigenvalue weighted by atomic mass is 16.5. The number of fused-ring (bicyclic) bond motifs is 1. The van der Waals surface area contributed by atoms with Gasteiger partial charge in [0, 0.05) is 37.3 Å². The summed E-state index contributed by atoms with van der Waals surface area (Å²) in [7, 11) is 1.63. The van der Waals surface area contributed by atoms with Crippen molar-refractivity contribution in [1.82, 2.24) is 30.8 Å². The molecule has 0 aromatic carbocycles. The summed E-state index contributed by atoms with van der Waals surface area (Å²) in [4.78, 5) is 20.3. The van der Waals surface area contributed by atoms with Gasteiger partial charge in [0.25, 0.3) is 0 Å². The van der Waals surface area contributed by atoms with Crippen LogP contribution in [0.2, 0.25) is 0 Å². The van der Waals surface area contributed by atoms with Gasteiger partial charge in [0.1, 0.15) is 12.1 Å². The minimum absolute atomic E-state index is 0.157. The first kappa shape index (κ1) is 18.7. The van der Waals surface area contributed by atoms with E-state index < -0.39 is 0 Å². The Morgan fingerprint density at radius 2 is 2.00 bits per heavy atom. The van der Waals surface area contributed by atoms with Crippen molar-refractivity contribution < 1.29 is 9.47 Å². The average molecular weight is 397 g/mol. The second kappa shape index (κ2) is 8.17. The average Bonchev–Trinajstić information content (AvgIpc) is 3.23. The van der Waals surface area contributed by atoms with Crippen molar-refractivity contribution in [2.24, 2.45) is 5.92 Å². The molecule has 0 amide bonds. The fraction of sp³-hybridized carbons (Fsp3) is 0.600. The SMILES string of the molecule is COc1cncc(C2CCC3NNC(c4cc(N5CCOCC5)ncn4)C3C2)n1. The minimum Gasteiger partial charge on any atom is -0.480 e. The maximum atomic E-state index is 5.46. The van der Waals surface area contributed by atoms with Crippen LogP contribution in [0.5, 0.6) is 5.88 Å². The third kappa shape index (κ3) is 3.77. The quantitative estimate of drug-likeness (QED) is 0.789. The van der Waals surface area contributed by atoms with Gasteiger partial charge in [-0.3, -0.25) is 10.4 Å². The van der Waals surface area contributed by atoms with E-state index in [1.54, 1.807) is 19.6 Å². The second-order valence-electron chi connectivity index (χ2n) is 7.93. The van der Waals surface area contributed by atoms with E-state index in [4.69, 9.17) is 9.47 Å². The van der Waals surface area contributed by atoms with Gasteiger partial charge < -0.3 is 14.4 Å². The first-order valence-corrected chi connectivity index (χ1v) is 10.3. The van der Waals surface area contributed by atoms with E-state index in [9.17, 15) is 0 Å². The molecule has 0 radical (unpaired) electrons. The number of aromatic nitrogens is 4. The lowest BCUT2D eigenvalue weighted by molar-refractivity contribution is 0.122. The summed E-state index contributed by atoms with van der Waals surface area (Å²) >= 11 is 0. The highest BCUT2D eigenvalue weighted by Crippen LogP contribution is 2.43. The van der Waals surface area contributed by atoms with Crippen LogP contribution >= 0.6 is 0 Å². The van der Waals surface area contributed by atoms with Crippen LogP contribution in [0.15, 0.2) is 24.8 Å². The number of nitrogens with zero attached hydrogens (tertiary/aromatic N) is 5. The predicted octanol–water partition coefficient (Wildman–Crippen LogP) is 1.21. The van der Waals surface area contributed by atoms with Crippen molar-refractivity contribution in [3.63, 3.8) is 0 Å². The van der Waals surface area contributed by atoms with E-state index in [1.165, 1.54) is 0 Å². The van der Waals surface area contributed by atoms with Gasteiger partial charge in [-0.05, 0) is 25.2 Å².